The minimum atomic E-state index is -0.0146. The molecular formula is C17H15Br2IO3. The Balaban J connectivity index is 2.46. The maximum Gasteiger partial charge on any atom is 0.159 e. The van der Waals surface area contributed by atoms with Crippen molar-refractivity contribution in [2.45, 2.75) is 26.7 Å². The highest BCUT2D eigenvalue weighted by Gasteiger charge is 2.16. The van der Waals surface area contributed by atoms with Crippen LogP contribution in [-0.4, -0.2) is 10.9 Å². The van der Waals surface area contributed by atoms with Gasteiger partial charge in [-0.2, -0.15) is 0 Å². The van der Waals surface area contributed by atoms with Gasteiger partial charge in [0.1, 0.15) is 11.5 Å². The number of benzene rings is 2. The predicted octanol–water partition coefficient (Wildman–Crippen LogP) is 6.64. The molecule has 0 heterocycles. The van der Waals surface area contributed by atoms with Crippen LogP contribution in [0, 0.1) is 3.57 Å². The van der Waals surface area contributed by atoms with E-state index in [1.807, 2.05) is 19.9 Å². The Bertz CT molecular complexity index is 750. The van der Waals surface area contributed by atoms with Crippen molar-refractivity contribution in [1.82, 2.24) is 0 Å². The Morgan fingerprint density at radius 2 is 1.74 bits per heavy atom. The van der Waals surface area contributed by atoms with Gasteiger partial charge in [0.05, 0.1) is 12.5 Å². The van der Waals surface area contributed by atoms with E-state index in [-0.39, 0.29) is 17.5 Å². The molecule has 1 N–H and O–H groups in total. The van der Waals surface area contributed by atoms with Crippen molar-refractivity contribution < 1.29 is 14.6 Å². The zero-order chi connectivity index (χ0) is 17.3. The third kappa shape index (κ3) is 4.28. The summed E-state index contributed by atoms with van der Waals surface area (Å²) in [6.45, 7) is 5.55. The van der Waals surface area contributed by atoms with Gasteiger partial charge >= 0.3 is 0 Å². The standard InChI is InChI=1S/C17H15Br2IO3/c1-8(2)12-6-11(7-15(20)16(12)22)23-17-13(18)4-10(9(3)21)5-14(17)19/h4-8,22H,1-3H3. The first-order chi connectivity index (χ1) is 10.7. The van der Waals surface area contributed by atoms with E-state index in [2.05, 4.69) is 54.5 Å². The largest absolute Gasteiger partial charge is 0.507 e. The zero-order valence-electron chi connectivity index (χ0n) is 12.8. The summed E-state index contributed by atoms with van der Waals surface area (Å²) in [7, 11) is 0. The van der Waals surface area contributed by atoms with Crippen LogP contribution in [0.1, 0.15) is 42.6 Å². The van der Waals surface area contributed by atoms with E-state index in [4.69, 9.17) is 4.74 Å². The number of ether oxygens (including phenoxy) is 1. The number of carbonyl (C=O) groups excluding carboxylic acids is 1. The number of rotatable bonds is 4. The third-order valence-corrected chi connectivity index (χ3v) is 5.31. The number of halogens is 3. The Labute approximate surface area is 165 Å². The summed E-state index contributed by atoms with van der Waals surface area (Å²) in [5.41, 5.74) is 1.43. The molecule has 0 saturated heterocycles. The van der Waals surface area contributed by atoms with Crippen LogP contribution in [0.3, 0.4) is 0 Å². The zero-order valence-corrected chi connectivity index (χ0v) is 18.1. The minimum absolute atomic E-state index is 0.0146. The van der Waals surface area contributed by atoms with Crippen LogP contribution >= 0.6 is 54.5 Å². The van der Waals surface area contributed by atoms with Gasteiger partial charge in [-0.15, -0.1) is 0 Å². The van der Waals surface area contributed by atoms with E-state index in [0.717, 1.165) is 9.13 Å². The number of Topliss-reactive ketones (excluding diaryl/α,β-unsaturated/α-hetero) is 1. The number of aromatic hydroxyl groups is 1. The first kappa shape index (κ1) is 18.7. The SMILES string of the molecule is CC(=O)c1cc(Br)c(Oc2cc(I)c(O)c(C(C)C)c2)c(Br)c1. The smallest absolute Gasteiger partial charge is 0.159 e. The second kappa shape index (κ2) is 7.53. The van der Waals surface area contributed by atoms with Gasteiger partial charge in [-0.3, -0.25) is 4.79 Å². The van der Waals surface area contributed by atoms with Gasteiger partial charge in [0.25, 0.3) is 0 Å². The van der Waals surface area contributed by atoms with Gasteiger partial charge in [0, 0.05) is 11.1 Å². The number of hydrogen-bond donors (Lipinski definition) is 1. The van der Waals surface area contributed by atoms with Crippen LogP contribution in [0.5, 0.6) is 17.2 Å². The molecular weight excluding hydrogens is 539 g/mol. The molecule has 0 radical (unpaired) electrons. The molecule has 0 aliphatic carbocycles. The molecule has 122 valence electrons. The quantitative estimate of drug-likeness (QED) is 0.341. The van der Waals surface area contributed by atoms with Crippen LogP contribution in [0.25, 0.3) is 0 Å². The summed E-state index contributed by atoms with van der Waals surface area (Å²) >= 11 is 8.98. The summed E-state index contributed by atoms with van der Waals surface area (Å²) in [4.78, 5) is 11.5. The van der Waals surface area contributed by atoms with Crippen molar-refractivity contribution in [2.75, 3.05) is 0 Å². The van der Waals surface area contributed by atoms with E-state index in [0.29, 0.717) is 26.0 Å². The molecule has 2 rings (SSSR count). The molecule has 0 spiro atoms. The molecule has 23 heavy (non-hydrogen) atoms. The molecule has 0 atom stereocenters. The highest BCUT2D eigenvalue weighted by atomic mass is 127. The summed E-state index contributed by atoms with van der Waals surface area (Å²) < 4.78 is 8.09. The molecule has 0 bridgehead atoms. The van der Waals surface area contributed by atoms with Gasteiger partial charge in [0.15, 0.2) is 11.5 Å². The Hall–Kier alpha value is -0.600. The summed E-state index contributed by atoms with van der Waals surface area (Å²) in [6.07, 6.45) is 0. The number of carbonyl (C=O) groups is 1. The molecule has 0 fully saturated rings. The molecule has 2 aromatic rings. The maximum absolute atomic E-state index is 11.5. The third-order valence-electron chi connectivity index (χ3n) is 3.31. The molecule has 0 saturated carbocycles. The van der Waals surface area contributed by atoms with E-state index < -0.39 is 0 Å². The van der Waals surface area contributed by atoms with Gasteiger partial charge in [-0.1, -0.05) is 13.8 Å². The van der Waals surface area contributed by atoms with Crippen LogP contribution in [0.15, 0.2) is 33.2 Å². The average Bonchev–Trinajstić information content (AvgIpc) is 2.45. The first-order valence-electron chi connectivity index (χ1n) is 6.91. The monoisotopic (exact) mass is 552 g/mol. The van der Waals surface area contributed by atoms with E-state index in [1.54, 1.807) is 18.2 Å². The average molecular weight is 554 g/mol. The number of hydrogen-bond acceptors (Lipinski definition) is 3. The molecule has 0 unspecified atom stereocenters. The fourth-order valence-electron chi connectivity index (χ4n) is 2.07. The van der Waals surface area contributed by atoms with Crippen molar-refractivity contribution in [3.8, 4) is 17.2 Å². The lowest BCUT2D eigenvalue weighted by molar-refractivity contribution is 0.101. The van der Waals surface area contributed by atoms with E-state index >= 15 is 0 Å². The lowest BCUT2D eigenvalue weighted by atomic mass is 10.0. The van der Waals surface area contributed by atoms with Gasteiger partial charge in [-0.25, -0.2) is 0 Å². The normalized spacial score (nSPS) is 10.9. The fourth-order valence-corrected chi connectivity index (χ4v) is 4.04. The van der Waals surface area contributed by atoms with Crippen molar-refractivity contribution in [3.05, 3.63) is 47.9 Å². The molecule has 6 heteroatoms. The molecule has 2 aromatic carbocycles. The van der Waals surface area contributed by atoms with Crippen LogP contribution < -0.4 is 4.74 Å². The van der Waals surface area contributed by atoms with Crippen LogP contribution in [0.4, 0.5) is 0 Å². The number of phenols is 1. The van der Waals surface area contributed by atoms with Gasteiger partial charge in [-0.05, 0) is 91.6 Å². The second-order valence-electron chi connectivity index (χ2n) is 5.42. The fraction of sp³-hybridized carbons (Fsp3) is 0.235. The van der Waals surface area contributed by atoms with E-state index in [1.165, 1.54) is 6.92 Å². The highest BCUT2D eigenvalue weighted by Crippen LogP contribution is 2.41. The predicted molar refractivity (Wildman–Crippen MR) is 107 cm³/mol. The Morgan fingerprint density at radius 1 is 1.17 bits per heavy atom. The van der Waals surface area contributed by atoms with Gasteiger partial charge in [0.2, 0.25) is 0 Å². The van der Waals surface area contributed by atoms with Crippen molar-refractivity contribution in [3.63, 3.8) is 0 Å². The van der Waals surface area contributed by atoms with E-state index in [9.17, 15) is 9.90 Å². The van der Waals surface area contributed by atoms with Crippen molar-refractivity contribution >= 4 is 60.2 Å². The van der Waals surface area contributed by atoms with Crippen LogP contribution in [0.2, 0.25) is 0 Å². The first-order valence-corrected chi connectivity index (χ1v) is 9.57. The summed E-state index contributed by atoms with van der Waals surface area (Å²) in [6, 6.07) is 7.08. The highest BCUT2D eigenvalue weighted by molar-refractivity contribution is 14.1. The second-order valence-corrected chi connectivity index (χ2v) is 8.30. The van der Waals surface area contributed by atoms with Crippen molar-refractivity contribution in [1.29, 1.82) is 0 Å². The topological polar surface area (TPSA) is 46.5 Å². The molecule has 0 aromatic heterocycles. The summed E-state index contributed by atoms with van der Waals surface area (Å²) in [5, 5.41) is 10.1. The number of ketones is 1. The van der Waals surface area contributed by atoms with Crippen molar-refractivity contribution in [2.24, 2.45) is 0 Å². The minimum Gasteiger partial charge on any atom is -0.507 e. The lowest BCUT2D eigenvalue weighted by Gasteiger charge is -2.15. The van der Waals surface area contributed by atoms with Crippen LogP contribution in [-0.2, 0) is 0 Å². The summed E-state index contributed by atoms with van der Waals surface area (Å²) in [5.74, 6) is 1.68. The Morgan fingerprint density at radius 3 is 2.22 bits per heavy atom. The molecule has 0 aliphatic heterocycles. The molecule has 0 aliphatic rings. The van der Waals surface area contributed by atoms with Gasteiger partial charge < -0.3 is 9.84 Å². The number of phenolic OH excluding ortho intramolecular Hbond substituents is 1. The molecule has 0 amide bonds. The maximum atomic E-state index is 11.5. The molecule has 3 nitrogen and oxygen atoms in total. The Kier molecular flexibility index (Phi) is 6.13. The lowest BCUT2D eigenvalue weighted by Crippen LogP contribution is -1.96.